The molecule has 0 bridgehead atoms. The molecule has 0 aliphatic heterocycles. The van der Waals surface area contributed by atoms with E-state index < -0.39 is 18.0 Å². The van der Waals surface area contributed by atoms with E-state index in [1.807, 2.05) is 0 Å². The Morgan fingerprint density at radius 3 is 2.59 bits per heavy atom. The van der Waals surface area contributed by atoms with E-state index >= 15 is 0 Å². The highest BCUT2D eigenvalue weighted by atomic mass is 19.4. The van der Waals surface area contributed by atoms with E-state index in [0.717, 1.165) is 6.07 Å². The molecule has 1 aromatic carbocycles. The second kappa shape index (κ2) is 5.53. The van der Waals surface area contributed by atoms with Crippen LogP contribution in [-0.2, 0) is 4.79 Å². The fraction of sp³-hybridized carbons (Fsp3) is 0.300. The summed E-state index contributed by atoms with van der Waals surface area (Å²) in [7, 11) is 0. The molecule has 0 spiro atoms. The zero-order valence-electron chi connectivity index (χ0n) is 8.75. The Hall–Kier alpha value is -1.76. The van der Waals surface area contributed by atoms with Crippen LogP contribution < -0.4 is 15.8 Å². The van der Waals surface area contributed by atoms with Gasteiger partial charge in [-0.25, -0.2) is 0 Å². The average Bonchev–Trinajstić information content (AvgIpc) is 2.19. The van der Waals surface area contributed by atoms with Gasteiger partial charge in [0.1, 0.15) is 0 Å². The average molecular weight is 248 g/mol. The molecule has 0 aliphatic carbocycles. The van der Waals surface area contributed by atoms with Crippen LogP contribution in [0.4, 0.5) is 18.9 Å². The Morgan fingerprint density at radius 2 is 2.00 bits per heavy atom. The van der Waals surface area contributed by atoms with Gasteiger partial charge in [-0.3, -0.25) is 4.79 Å². The predicted molar refractivity (Wildman–Crippen MR) is 55.4 cm³/mol. The van der Waals surface area contributed by atoms with Crippen molar-refractivity contribution in [3.05, 3.63) is 24.3 Å². The summed E-state index contributed by atoms with van der Waals surface area (Å²) < 4.78 is 39.9. The molecule has 1 aromatic rings. The van der Waals surface area contributed by atoms with Crippen molar-refractivity contribution in [2.45, 2.75) is 12.8 Å². The lowest BCUT2D eigenvalue weighted by Gasteiger charge is -2.13. The highest BCUT2D eigenvalue weighted by Gasteiger charge is 2.32. The van der Waals surface area contributed by atoms with Crippen LogP contribution in [0.2, 0.25) is 0 Å². The van der Waals surface area contributed by atoms with Crippen LogP contribution in [0, 0.1) is 0 Å². The van der Waals surface area contributed by atoms with Crippen LogP contribution in [-0.4, -0.2) is 18.8 Å². The van der Waals surface area contributed by atoms with Gasteiger partial charge >= 0.3 is 6.36 Å². The van der Waals surface area contributed by atoms with Crippen molar-refractivity contribution in [3.63, 3.8) is 0 Å². The lowest BCUT2D eigenvalue weighted by molar-refractivity contribution is -0.274. The summed E-state index contributed by atoms with van der Waals surface area (Å²) in [6, 6.07) is 5.29. The first-order valence-electron chi connectivity index (χ1n) is 4.77. The summed E-state index contributed by atoms with van der Waals surface area (Å²) in [4.78, 5) is 11.2. The zero-order chi connectivity index (χ0) is 12.9. The highest BCUT2D eigenvalue weighted by molar-refractivity contribution is 5.92. The smallest absolute Gasteiger partial charge is 0.404 e. The first kappa shape index (κ1) is 13.3. The van der Waals surface area contributed by atoms with Gasteiger partial charge in [0, 0.05) is 13.0 Å². The maximum absolute atomic E-state index is 12.1. The number of nitrogens with two attached hydrogens (primary N) is 1. The molecule has 17 heavy (non-hydrogen) atoms. The van der Waals surface area contributed by atoms with Gasteiger partial charge in [-0.2, -0.15) is 0 Å². The fourth-order valence-corrected chi connectivity index (χ4v) is 1.13. The molecule has 0 radical (unpaired) electrons. The third kappa shape index (κ3) is 4.73. The predicted octanol–water partition coefficient (Wildman–Crippen LogP) is 1.87. The lowest BCUT2D eigenvalue weighted by Crippen LogP contribution is -2.20. The Morgan fingerprint density at radius 1 is 1.35 bits per heavy atom. The van der Waals surface area contributed by atoms with Crippen LogP contribution in [0.5, 0.6) is 5.75 Å². The molecule has 0 saturated carbocycles. The minimum Gasteiger partial charge on any atom is -0.404 e. The Kier molecular flexibility index (Phi) is 4.33. The van der Waals surface area contributed by atoms with Crippen molar-refractivity contribution in [2.75, 3.05) is 11.9 Å². The van der Waals surface area contributed by atoms with Gasteiger partial charge in [0.05, 0.1) is 5.69 Å². The van der Waals surface area contributed by atoms with Gasteiger partial charge in [0.2, 0.25) is 5.91 Å². The summed E-state index contributed by atoms with van der Waals surface area (Å²) in [5.41, 5.74) is 5.11. The second-order valence-electron chi connectivity index (χ2n) is 3.13. The third-order valence-corrected chi connectivity index (χ3v) is 1.76. The van der Waals surface area contributed by atoms with E-state index in [2.05, 4.69) is 10.1 Å². The number of rotatable bonds is 4. The van der Waals surface area contributed by atoms with Crippen LogP contribution in [0.1, 0.15) is 6.42 Å². The van der Waals surface area contributed by atoms with E-state index in [4.69, 9.17) is 5.73 Å². The number of anilines is 1. The maximum atomic E-state index is 12.1. The van der Waals surface area contributed by atoms with Crippen molar-refractivity contribution in [1.29, 1.82) is 0 Å². The molecule has 0 aromatic heterocycles. The Bertz CT molecular complexity index is 393. The molecule has 1 amide bonds. The molecular weight excluding hydrogens is 237 g/mol. The van der Waals surface area contributed by atoms with Gasteiger partial charge < -0.3 is 15.8 Å². The van der Waals surface area contributed by atoms with Crippen LogP contribution in [0.25, 0.3) is 0 Å². The summed E-state index contributed by atoms with van der Waals surface area (Å²) in [6.45, 7) is 0.119. The van der Waals surface area contributed by atoms with Gasteiger partial charge in [0.15, 0.2) is 5.75 Å². The van der Waals surface area contributed by atoms with Gasteiger partial charge in [-0.15, -0.1) is 13.2 Å². The van der Waals surface area contributed by atoms with Crippen molar-refractivity contribution in [1.82, 2.24) is 0 Å². The first-order valence-corrected chi connectivity index (χ1v) is 4.77. The van der Waals surface area contributed by atoms with Gasteiger partial charge in [0.25, 0.3) is 0 Å². The minimum atomic E-state index is -4.80. The summed E-state index contributed by atoms with van der Waals surface area (Å²) >= 11 is 0. The number of hydrogen-bond donors (Lipinski definition) is 2. The topological polar surface area (TPSA) is 64.4 Å². The van der Waals surface area contributed by atoms with E-state index in [0.29, 0.717) is 0 Å². The maximum Gasteiger partial charge on any atom is 0.573 e. The molecule has 0 atom stereocenters. The number of ether oxygens (including phenoxy) is 1. The number of benzene rings is 1. The number of carbonyl (C=O) groups is 1. The van der Waals surface area contributed by atoms with E-state index in [1.165, 1.54) is 18.2 Å². The molecule has 1 rings (SSSR count). The van der Waals surface area contributed by atoms with Crippen LogP contribution in [0.3, 0.4) is 0 Å². The van der Waals surface area contributed by atoms with E-state index in [1.54, 1.807) is 0 Å². The molecule has 3 N–H and O–H groups in total. The molecule has 0 aliphatic rings. The van der Waals surface area contributed by atoms with Crippen molar-refractivity contribution in [3.8, 4) is 5.75 Å². The first-order chi connectivity index (χ1) is 7.92. The van der Waals surface area contributed by atoms with Gasteiger partial charge in [-0.05, 0) is 12.1 Å². The van der Waals surface area contributed by atoms with Crippen LogP contribution in [0.15, 0.2) is 24.3 Å². The monoisotopic (exact) mass is 248 g/mol. The molecule has 94 valence electrons. The molecule has 0 fully saturated rings. The Balaban J connectivity index is 2.81. The molecule has 0 heterocycles. The SMILES string of the molecule is NCCC(=O)Nc1ccccc1OC(F)(F)F. The molecular formula is C10H11F3N2O2. The number of hydrogen-bond acceptors (Lipinski definition) is 3. The summed E-state index contributed by atoms with van der Waals surface area (Å²) in [5, 5.41) is 2.29. The second-order valence-corrected chi connectivity index (χ2v) is 3.13. The number of nitrogens with one attached hydrogen (secondary N) is 1. The number of carbonyl (C=O) groups excluding carboxylic acids is 1. The number of amides is 1. The standard InChI is InChI=1S/C10H11F3N2O2/c11-10(12,13)17-8-4-2-1-3-7(8)15-9(16)5-6-14/h1-4H,5-6,14H2,(H,15,16). The highest BCUT2D eigenvalue weighted by Crippen LogP contribution is 2.29. The quantitative estimate of drug-likeness (QED) is 0.854. The van der Waals surface area contributed by atoms with Crippen molar-refractivity contribution >= 4 is 11.6 Å². The van der Waals surface area contributed by atoms with Crippen molar-refractivity contribution in [2.24, 2.45) is 5.73 Å². The lowest BCUT2D eigenvalue weighted by atomic mass is 10.3. The zero-order valence-corrected chi connectivity index (χ0v) is 8.75. The van der Waals surface area contributed by atoms with E-state index in [-0.39, 0.29) is 18.7 Å². The summed E-state index contributed by atoms with van der Waals surface area (Å²) in [6.07, 6.45) is -4.77. The normalized spacial score (nSPS) is 11.1. The largest absolute Gasteiger partial charge is 0.573 e. The Labute approximate surface area is 95.6 Å². The molecule has 0 unspecified atom stereocenters. The fourth-order valence-electron chi connectivity index (χ4n) is 1.13. The third-order valence-electron chi connectivity index (χ3n) is 1.76. The number of para-hydroxylation sites is 2. The van der Waals surface area contributed by atoms with Crippen LogP contribution >= 0.6 is 0 Å². The van der Waals surface area contributed by atoms with E-state index in [9.17, 15) is 18.0 Å². The summed E-state index contributed by atoms with van der Waals surface area (Å²) in [5.74, 6) is -0.920. The molecule has 7 heteroatoms. The molecule has 4 nitrogen and oxygen atoms in total. The number of alkyl halides is 3. The minimum absolute atomic E-state index is 0.0281. The van der Waals surface area contributed by atoms with Gasteiger partial charge in [-0.1, -0.05) is 12.1 Å². The molecule has 0 saturated heterocycles. The van der Waals surface area contributed by atoms with Crippen molar-refractivity contribution < 1.29 is 22.7 Å². The number of halogens is 3.